The molecule has 24 heavy (non-hydrogen) atoms. The van der Waals surface area contributed by atoms with E-state index in [0.29, 0.717) is 0 Å². The molecule has 0 aromatic heterocycles. The predicted molar refractivity (Wildman–Crippen MR) is 98.2 cm³/mol. The van der Waals surface area contributed by atoms with Crippen LogP contribution in [0.5, 0.6) is 5.75 Å². The fourth-order valence-corrected chi connectivity index (χ4v) is 1.99. The van der Waals surface area contributed by atoms with Crippen LogP contribution in [-0.4, -0.2) is 25.8 Å². The Labute approximate surface area is 142 Å². The number of nitrogens with zero attached hydrogens (tertiary/aromatic N) is 1. The van der Waals surface area contributed by atoms with E-state index in [0.717, 1.165) is 22.6 Å². The Balaban J connectivity index is 1.76. The zero-order valence-electron chi connectivity index (χ0n) is 13.8. The average molecular weight is 323 g/mol. The lowest BCUT2D eigenvalue weighted by Crippen LogP contribution is -2.25. The number of amides is 1. The summed E-state index contributed by atoms with van der Waals surface area (Å²) in [6.45, 7) is 2.07. The highest BCUT2D eigenvalue weighted by atomic mass is 16.5. The van der Waals surface area contributed by atoms with Crippen LogP contribution in [0.3, 0.4) is 0 Å². The Kier molecular flexibility index (Phi) is 6.58. The molecule has 2 aromatic rings. The summed E-state index contributed by atoms with van der Waals surface area (Å²) < 4.78 is 5.08. The molecule has 2 rings (SSSR count). The van der Waals surface area contributed by atoms with Gasteiger partial charge < -0.3 is 10.1 Å². The number of nitrogens with one attached hydrogen (secondary N) is 2. The van der Waals surface area contributed by atoms with Crippen molar-refractivity contribution < 1.29 is 9.53 Å². The van der Waals surface area contributed by atoms with Crippen LogP contribution < -0.4 is 15.5 Å². The van der Waals surface area contributed by atoms with Gasteiger partial charge in [0.25, 0.3) is 5.91 Å². The largest absolute Gasteiger partial charge is 0.497 e. The molecule has 0 spiro atoms. The van der Waals surface area contributed by atoms with Crippen molar-refractivity contribution in [2.45, 2.75) is 6.92 Å². The topological polar surface area (TPSA) is 62.7 Å². The number of hydrazone groups is 1. The number of carbonyl (C=O) groups excluding carboxylic acids is 1. The molecule has 0 bridgehead atoms. The zero-order valence-corrected chi connectivity index (χ0v) is 13.8. The fraction of sp³-hybridized carbons (Fsp3) is 0.158. The van der Waals surface area contributed by atoms with Crippen LogP contribution in [0.25, 0.3) is 6.08 Å². The predicted octanol–water partition coefficient (Wildman–Crippen LogP) is 3.31. The highest BCUT2D eigenvalue weighted by Gasteiger charge is 1.99. The Morgan fingerprint density at radius 3 is 2.50 bits per heavy atom. The maximum absolute atomic E-state index is 11.7. The molecule has 5 heteroatoms. The van der Waals surface area contributed by atoms with Gasteiger partial charge in [-0.2, -0.15) is 5.10 Å². The molecule has 124 valence electrons. The Morgan fingerprint density at radius 2 is 1.83 bits per heavy atom. The van der Waals surface area contributed by atoms with Crippen LogP contribution in [0.15, 0.2) is 65.3 Å². The summed E-state index contributed by atoms with van der Waals surface area (Å²) in [5, 5.41) is 6.97. The lowest BCUT2D eigenvalue weighted by molar-refractivity contribution is -0.119. The van der Waals surface area contributed by atoms with Crippen LogP contribution in [0.4, 0.5) is 5.69 Å². The van der Waals surface area contributed by atoms with E-state index in [2.05, 4.69) is 15.8 Å². The first kappa shape index (κ1) is 17.3. The quantitative estimate of drug-likeness (QED) is 0.607. The number of benzene rings is 2. The monoisotopic (exact) mass is 323 g/mol. The molecule has 0 unspecified atom stereocenters. The third-order valence-electron chi connectivity index (χ3n) is 3.19. The van der Waals surface area contributed by atoms with E-state index in [1.54, 1.807) is 13.3 Å². The smallest absolute Gasteiger partial charge is 0.259 e. The van der Waals surface area contributed by atoms with Crippen LogP contribution >= 0.6 is 0 Å². The molecular weight excluding hydrogens is 302 g/mol. The van der Waals surface area contributed by atoms with Crippen LogP contribution in [0.2, 0.25) is 0 Å². The van der Waals surface area contributed by atoms with Crippen LogP contribution in [0, 0.1) is 0 Å². The lowest BCUT2D eigenvalue weighted by atomic mass is 10.1. The first-order valence-corrected chi connectivity index (χ1v) is 7.60. The van der Waals surface area contributed by atoms with Gasteiger partial charge in [0.1, 0.15) is 5.75 Å². The summed E-state index contributed by atoms with van der Waals surface area (Å²) in [5.41, 5.74) is 5.38. The summed E-state index contributed by atoms with van der Waals surface area (Å²) in [5.74, 6) is 0.560. The standard InChI is InChI=1S/C19H21N3O2/c1-15(12-16-6-4-3-5-7-16)13-21-22-19(23)14-20-17-8-10-18(24-2)11-9-17/h3-13,20H,14H2,1-2H3,(H,22,23)/b15-12+,21-13-. The first-order chi connectivity index (χ1) is 11.7. The van der Waals surface area contributed by atoms with Crippen molar-refractivity contribution in [1.29, 1.82) is 0 Å². The summed E-state index contributed by atoms with van der Waals surface area (Å²) in [6, 6.07) is 17.3. The molecule has 1 amide bonds. The first-order valence-electron chi connectivity index (χ1n) is 7.60. The summed E-state index contributed by atoms with van der Waals surface area (Å²) in [4.78, 5) is 11.7. The Hall–Kier alpha value is -3.08. The average Bonchev–Trinajstić information content (AvgIpc) is 2.61. The molecular formula is C19H21N3O2. The highest BCUT2D eigenvalue weighted by molar-refractivity contribution is 5.87. The Morgan fingerprint density at radius 1 is 1.12 bits per heavy atom. The molecule has 2 aromatic carbocycles. The van der Waals surface area contributed by atoms with Crippen molar-refractivity contribution >= 4 is 23.9 Å². The van der Waals surface area contributed by atoms with Gasteiger partial charge in [-0.15, -0.1) is 0 Å². The maximum Gasteiger partial charge on any atom is 0.259 e. The van der Waals surface area contributed by atoms with Crippen molar-refractivity contribution in [2.24, 2.45) is 5.10 Å². The number of hydrogen-bond donors (Lipinski definition) is 2. The molecule has 5 nitrogen and oxygen atoms in total. The lowest BCUT2D eigenvalue weighted by Gasteiger charge is -2.06. The molecule has 0 saturated heterocycles. The number of allylic oxidation sites excluding steroid dienone is 1. The number of carbonyl (C=O) groups is 1. The molecule has 0 aliphatic heterocycles. The van der Waals surface area contributed by atoms with E-state index in [9.17, 15) is 4.79 Å². The second kappa shape index (κ2) is 9.15. The zero-order chi connectivity index (χ0) is 17.2. The van der Waals surface area contributed by atoms with Crippen molar-refractivity contribution in [1.82, 2.24) is 5.43 Å². The van der Waals surface area contributed by atoms with Gasteiger partial charge >= 0.3 is 0 Å². The third-order valence-corrected chi connectivity index (χ3v) is 3.19. The number of ether oxygens (including phenoxy) is 1. The summed E-state index contributed by atoms with van der Waals surface area (Å²) in [7, 11) is 1.61. The third kappa shape index (κ3) is 5.96. The number of anilines is 1. The molecule has 0 fully saturated rings. The molecule has 0 atom stereocenters. The van der Waals surface area contributed by atoms with E-state index in [4.69, 9.17) is 4.74 Å². The molecule has 0 radical (unpaired) electrons. The van der Waals surface area contributed by atoms with Gasteiger partial charge in [0, 0.05) is 5.69 Å². The highest BCUT2D eigenvalue weighted by Crippen LogP contribution is 2.14. The molecule has 0 saturated carbocycles. The van der Waals surface area contributed by atoms with Crippen LogP contribution in [0.1, 0.15) is 12.5 Å². The summed E-state index contributed by atoms with van der Waals surface area (Å²) in [6.07, 6.45) is 3.61. The second-order valence-electron chi connectivity index (χ2n) is 5.17. The minimum atomic E-state index is -0.213. The number of hydrogen-bond acceptors (Lipinski definition) is 4. The molecule has 0 aliphatic carbocycles. The minimum absolute atomic E-state index is 0.144. The molecule has 0 heterocycles. The molecule has 0 aliphatic rings. The van der Waals surface area contributed by atoms with Gasteiger partial charge in [0.2, 0.25) is 0 Å². The van der Waals surface area contributed by atoms with E-state index in [-0.39, 0.29) is 12.5 Å². The van der Waals surface area contributed by atoms with Gasteiger partial charge in [-0.05, 0) is 42.3 Å². The van der Waals surface area contributed by atoms with Gasteiger partial charge in [-0.3, -0.25) is 4.79 Å². The van der Waals surface area contributed by atoms with Crippen molar-refractivity contribution in [3.8, 4) is 5.75 Å². The van der Waals surface area contributed by atoms with Crippen molar-refractivity contribution in [3.63, 3.8) is 0 Å². The van der Waals surface area contributed by atoms with Crippen molar-refractivity contribution in [3.05, 3.63) is 65.7 Å². The minimum Gasteiger partial charge on any atom is -0.497 e. The number of rotatable bonds is 7. The van der Waals surface area contributed by atoms with Gasteiger partial charge in [-0.25, -0.2) is 5.43 Å². The van der Waals surface area contributed by atoms with Gasteiger partial charge in [-0.1, -0.05) is 36.4 Å². The van der Waals surface area contributed by atoms with E-state index in [1.807, 2.05) is 67.6 Å². The van der Waals surface area contributed by atoms with E-state index in [1.165, 1.54) is 0 Å². The maximum atomic E-state index is 11.7. The van der Waals surface area contributed by atoms with E-state index < -0.39 is 0 Å². The van der Waals surface area contributed by atoms with Crippen LogP contribution in [-0.2, 0) is 4.79 Å². The second-order valence-corrected chi connectivity index (χ2v) is 5.17. The van der Waals surface area contributed by atoms with Gasteiger partial charge in [0.15, 0.2) is 0 Å². The molecule has 2 N–H and O–H groups in total. The van der Waals surface area contributed by atoms with E-state index >= 15 is 0 Å². The summed E-state index contributed by atoms with van der Waals surface area (Å²) >= 11 is 0. The fourth-order valence-electron chi connectivity index (χ4n) is 1.99. The Bertz CT molecular complexity index is 707. The number of methoxy groups -OCH3 is 1. The van der Waals surface area contributed by atoms with Crippen molar-refractivity contribution in [2.75, 3.05) is 19.0 Å². The normalized spacial score (nSPS) is 11.3. The SMILES string of the molecule is COc1ccc(NCC(=O)N/N=C\C(C)=C\c2ccccc2)cc1. The van der Waals surface area contributed by atoms with Gasteiger partial charge in [0.05, 0.1) is 19.9 Å².